The van der Waals surface area contributed by atoms with Gasteiger partial charge in [-0.2, -0.15) is 0 Å². The Kier molecular flexibility index (Phi) is 3.87. The highest BCUT2D eigenvalue weighted by Crippen LogP contribution is 2.31. The summed E-state index contributed by atoms with van der Waals surface area (Å²) < 4.78 is 0. The maximum atomic E-state index is 9.85. The van der Waals surface area contributed by atoms with Gasteiger partial charge in [-0.25, -0.2) is 0 Å². The van der Waals surface area contributed by atoms with Gasteiger partial charge in [0.15, 0.2) is 0 Å². The van der Waals surface area contributed by atoms with Crippen LogP contribution in [-0.2, 0) is 0 Å². The van der Waals surface area contributed by atoms with Gasteiger partial charge >= 0.3 is 0 Å². The minimum absolute atomic E-state index is 0.0397. The van der Waals surface area contributed by atoms with Crippen molar-refractivity contribution < 1.29 is 5.11 Å². The Hall–Kier alpha value is -1.54. The summed E-state index contributed by atoms with van der Waals surface area (Å²) in [5.41, 5.74) is 7.41. The van der Waals surface area contributed by atoms with Crippen LogP contribution < -0.4 is 5.73 Å². The van der Waals surface area contributed by atoms with E-state index in [1.165, 1.54) is 0 Å². The summed E-state index contributed by atoms with van der Waals surface area (Å²) in [6.07, 6.45) is 2.10. The molecule has 0 radical (unpaired) electrons. The topological polar surface area (TPSA) is 46.2 Å². The molecule has 0 aliphatic rings. The standard InChI is InChI=1S/C16H21NO/c1-11(2)7-9-15(17)13-8-10-16(18)14-6-4-3-5-12(13)14/h3-6,8,10-11,15,18H,7,9,17H2,1-2H3/t15-/m0/s1. The summed E-state index contributed by atoms with van der Waals surface area (Å²) in [4.78, 5) is 0. The van der Waals surface area contributed by atoms with Crippen molar-refractivity contribution in [3.8, 4) is 5.75 Å². The largest absolute Gasteiger partial charge is 0.507 e. The Morgan fingerprint density at radius 3 is 2.33 bits per heavy atom. The molecule has 2 rings (SSSR count). The van der Waals surface area contributed by atoms with Gasteiger partial charge in [0.05, 0.1) is 0 Å². The quantitative estimate of drug-likeness (QED) is 0.853. The van der Waals surface area contributed by atoms with Crippen molar-refractivity contribution in [1.29, 1.82) is 0 Å². The first-order valence-electron chi connectivity index (χ1n) is 6.55. The molecular formula is C16H21NO. The number of nitrogens with two attached hydrogens (primary N) is 1. The average molecular weight is 243 g/mol. The number of fused-ring (bicyclic) bond motifs is 1. The third-order valence-corrected chi connectivity index (χ3v) is 3.39. The fourth-order valence-electron chi connectivity index (χ4n) is 2.30. The van der Waals surface area contributed by atoms with Crippen LogP contribution in [0.15, 0.2) is 36.4 Å². The molecule has 18 heavy (non-hydrogen) atoms. The molecule has 0 aromatic heterocycles. The third kappa shape index (κ3) is 2.65. The van der Waals surface area contributed by atoms with Crippen molar-refractivity contribution in [2.24, 2.45) is 11.7 Å². The lowest BCUT2D eigenvalue weighted by Crippen LogP contribution is -2.11. The van der Waals surface area contributed by atoms with Crippen LogP contribution in [0.4, 0.5) is 0 Å². The summed E-state index contributed by atoms with van der Waals surface area (Å²) >= 11 is 0. The lowest BCUT2D eigenvalue weighted by molar-refractivity contribution is 0.480. The van der Waals surface area contributed by atoms with Gasteiger partial charge < -0.3 is 10.8 Å². The summed E-state index contributed by atoms with van der Waals surface area (Å²) in [6, 6.07) is 11.6. The lowest BCUT2D eigenvalue weighted by Gasteiger charge is -2.16. The number of hydrogen-bond donors (Lipinski definition) is 2. The number of phenols is 1. The molecule has 2 aromatic rings. The first kappa shape index (κ1) is 12.9. The summed E-state index contributed by atoms with van der Waals surface area (Å²) in [5.74, 6) is 0.991. The molecule has 0 heterocycles. The maximum Gasteiger partial charge on any atom is 0.123 e. The molecule has 3 N–H and O–H groups in total. The Morgan fingerprint density at radius 1 is 1.00 bits per heavy atom. The van der Waals surface area contributed by atoms with Crippen LogP contribution >= 0.6 is 0 Å². The van der Waals surface area contributed by atoms with Gasteiger partial charge in [-0.3, -0.25) is 0 Å². The summed E-state index contributed by atoms with van der Waals surface area (Å²) in [6.45, 7) is 4.42. The van der Waals surface area contributed by atoms with Crippen LogP contribution in [0.25, 0.3) is 10.8 Å². The molecule has 0 unspecified atom stereocenters. The summed E-state index contributed by atoms with van der Waals surface area (Å²) in [7, 11) is 0. The SMILES string of the molecule is CC(C)CC[C@H](N)c1ccc(O)c2ccccc12. The number of hydrogen-bond acceptors (Lipinski definition) is 2. The number of phenolic OH excluding ortho intramolecular Hbond substituents is 1. The molecular weight excluding hydrogens is 222 g/mol. The van der Waals surface area contributed by atoms with Crippen molar-refractivity contribution in [2.75, 3.05) is 0 Å². The first-order valence-corrected chi connectivity index (χ1v) is 6.55. The van der Waals surface area contributed by atoms with Crippen molar-refractivity contribution in [1.82, 2.24) is 0 Å². The molecule has 0 aliphatic carbocycles. The highest BCUT2D eigenvalue weighted by atomic mass is 16.3. The monoisotopic (exact) mass is 243 g/mol. The molecule has 0 amide bonds. The molecule has 1 atom stereocenters. The Bertz CT molecular complexity index is 534. The Labute approximate surface area is 108 Å². The molecule has 2 heteroatoms. The molecule has 2 nitrogen and oxygen atoms in total. The van der Waals surface area contributed by atoms with Crippen LogP contribution in [0.1, 0.15) is 38.3 Å². The normalized spacial score (nSPS) is 13.1. The van der Waals surface area contributed by atoms with E-state index in [2.05, 4.69) is 13.8 Å². The van der Waals surface area contributed by atoms with Crippen molar-refractivity contribution in [2.45, 2.75) is 32.7 Å². The molecule has 96 valence electrons. The average Bonchev–Trinajstić information content (AvgIpc) is 2.37. The molecule has 0 bridgehead atoms. The van der Waals surface area contributed by atoms with Gasteiger partial charge in [-0.05, 0) is 35.8 Å². The zero-order valence-corrected chi connectivity index (χ0v) is 11.1. The van der Waals surface area contributed by atoms with Crippen LogP contribution in [0.5, 0.6) is 5.75 Å². The van der Waals surface area contributed by atoms with E-state index in [1.54, 1.807) is 6.07 Å². The number of aromatic hydroxyl groups is 1. The zero-order valence-electron chi connectivity index (χ0n) is 11.1. The minimum Gasteiger partial charge on any atom is -0.507 e. The highest BCUT2D eigenvalue weighted by molar-refractivity contribution is 5.91. The minimum atomic E-state index is 0.0397. The van der Waals surface area contributed by atoms with Gasteiger partial charge in [0, 0.05) is 11.4 Å². The van der Waals surface area contributed by atoms with Gasteiger partial charge in [-0.1, -0.05) is 44.2 Å². The smallest absolute Gasteiger partial charge is 0.123 e. The second-order valence-electron chi connectivity index (χ2n) is 5.30. The predicted octanol–water partition coefficient (Wildman–Crippen LogP) is 3.98. The Morgan fingerprint density at radius 2 is 1.67 bits per heavy atom. The van der Waals surface area contributed by atoms with E-state index in [1.807, 2.05) is 30.3 Å². The van der Waals surface area contributed by atoms with Crippen molar-refractivity contribution in [3.05, 3.63) is 42.0 Å². The Balaban J connectivity index is 2.36. The third-order valence-electron chi connectivity index (χ3n) is 3.39. The molecule has 0 spiro atoms. The van der Waals surface area contributed by atoms with Gasteiger partial charge in [-0.15, -0.1) is 0 Å². The highest BCUT2D eigenvalue weighted by Gasteiger charge is 2.12. The molecule has 2 aromatic carbocycles. The van der Waals surface area contributed by atoms with Crippen molar-refractivity contribution >= 4 is 10.8 Å². The van der Waals surface area contributed by atoms with E-state index in [9.17, 15) is 5.11 Å². The van der Waals surface area contributed by atoms with E-state index in [0.29, 0.717) is 11.7 Å². The van der Waals surface area contributed by atoms with Gasteiger partial charge in [0.2, 0.25) is 0 Å². The van der Waals surface area contributed by atoms with E-state index in [-0.39, 0.29) is 6.04 Å². The first-order chi connectivity index (χ1) is 8.59. The van der Waals surface area contributed by atoms with Gasteiger partial charge in [0.1, 0.15) is 5.75 Å². The van der Waals surface area contributed by atoms with E-state index in [4.69, 9.17) is 5.73 Å². The van der Waals surface area contributed by atoms with Crippen molar-refractivity contribution in [3.63, 3.8) is 0 Å². The molecule has 0 saturated carbocycles. The molecule has 0 fully saturated rings. The van der Waals surface area contributed by atoms with E-state index < -0.39 is 0 Å². The second-order valence-corrected chi connectivity index (χ2v) is 5.30. The van der Waals surface area contributed by atoms with Crippen LogP contribution in [0.2, 0.25) is 0 Å². The molecule has 0 aliphatic heterocycles. The van der Waals surface area contributed by atoms with Crippen LogP contribution in [0.3, 0.4) is 0 Å². The second kappa shape index (κ2) is 5.40. The van der Waals surface area contributed by atoms with Crippen LogP contribution in [-0.4, -0.2) is 5.11 Å². The number of rotatable bonds is 4. The molecule has 0 saturated heterocycles. The zero-order chi connectivity index (χ0) is 13.1. The lowest BCUT2D eigenvalue weighted by atomic mass is 9.94. The maximum absolute atomic E-state index is 9.85. The van der Waals surface area contributed by atoms with Gasteiger partial charge in [0.25, 0.3) is 0 Å². The van der Waals surface area contributed by atoms with E-state index in [0.717, 1.165) is 29.2 Å². The summed E-state index contributed by atoms with van der Waals surface area (Å²) in [5, 5.41) is 11.8. The van der Waals surface area contributed by atoms with E-state index >= 15 is 0 Å². The fourth-order valence-corrected chi connectivity index (χ4v) is 2.30. The number of benzene rings is 2. The van der Waals surface area contributed by atoms with Crippen LogP contribution in [0, 0.1) is 5.92 Å². The predicted molar refractivity (Wildman–Crippen MR) is 76.6 cm³/mol. The fraction of sp³-hybridized carbons (Fsp3) is 0.375.